The van der Waals surface area contributed by atoms with Crippen LogP contribution >= 0.6 is 0 Å². The highest BCUT2D eigenvalue weighted by Gasteiger charge is 2.01. The summed E-state index contributed by atoms with van der Waals surface area (Å²) in [4.78, 5) is 3.85. The summed E-state index contributed by atoms with van der Waals surface area (Å²) in [6, 6.07) is 9.66. The Bertz CT molecular complexity index is 567. The summed E-state index contributed by atoms with van der Waals surface area (Å²) in [7, 11) is 0. The molecular formula is C13H9F2NO. The standard InChI is InChI=1S/C13H9F2NO/c14-10-5-6-12(11(15)7-10)16-8-9-3-1-2-4-13(9)17/h1-8,17H. The Morgan fingerprint density at radius 1 is 1.06 bits per heavy atom. The van der Waals surface area contributed by atoms with Crippen LogP contribution in [0.5, 0.6) is 5.75 Å². The van der Waals surface area contributed by atoms with Crippen LogP contribution in [0.4, 0.5) is 14.5 Å². The van der Waals surface area contributed by atoms with E-state index in [1.807, 2.05) is 0 Å². The lowest BCUT2D eigenvalue weighted by atomic mass is 10.2. The maximum Gasteiger partial charge on any atom is 0.151 e. The molecule has 2 nitrogen and oxygen atoms in total. The number of phenols is 1. The van der Waals surface area contributed by atoms with Gasteiger partial charge in [-0.25, -0.2) is 8.78 Å². The van der Waals surface area contributed by atoms with E-state index in [0.29, 0.717) is 5.56 Å². The quantitative estimate of drug-likeness (QED) is 0.792. The van der Waals surface area contributed by atoms with E-state index >= 15 is 0 Å². The number of phenolic OH excluding ortho intramolecular Hbond substituents is 1. The molecule has 86 valence electrons. The normalized spacial score (nSPS) is 10.9. The zero-order chi connectivity index (χ0) is 12.3. The smallest absolute Gasteiger partial charge is 0.151 e. The van der Waals surface area contributed by atoms with Crippen LogP contribution in [0, 0.1) is 11.6 Å². The molecule has 0 unspecified atom stereocenters. The third kappa shape index (κ3) is 2.66. The Morgan fingerprint density at radius 3 is 2.53 bits per heavy atom. The summed E-state index contributed by atoms with van der Waals surface area (Å²) in [5.74, 6) is -1.33. The van der Waals surface area contributed by atoms with Crippen molar-refractivity contribution in [2.24, 2.45) is 4.99 Å². The molecule has 0 bridgehead atoms. The van der Waals surface area contributed by atoms with Crippen LogP contribution in [0.1, 0.15) is 5.56 Å². The maximum absolute atomic E-state index is 13.2. The highest BCUT2D eigenvalue weighted by molar-refractivity contribution is 5.85. The maximum atomic E-state index is 13.2. The second kappa shape index (κ2) is 4.74. The number of rotatable bonds is 2. The molecule has 0 aliphatic carbocycles. The number of hydrogen-bond donors (Lipinski definition) is 1. The molecule has 4 heteroatoms. The van der Waals surface area contributed by atoms with Crippen LogP contribution in [0.3, 0.4) is 0 Å². The summed E-state index contributed by atoms with van der Waals surface area (Å²) in [5, 5.41) is 9.46. The number of para-hydroxylation sites is 1. The van der Waals surface area contributed by atoms with Gasteiger partial charge < -0.3 is 5.11 Å². The van der Waals surface area contributed by atoms with Gasteiger partial charge in [0, 0.05) is 17.8 Å². The van der Waals surface area contributed by atoms with E-state index in [-0.39, 0.29) is 11.4 Å². The molecule has 0 atom stereocenters. The molecule has 2 aromatic carbocycles. The second-order valence-electron chi connectivity index (χ2n) is 3.41. The van der Waals surface area contributed by atoms with Gasteiger partial charge in [-0.1, -0.05) is 12.1 Å². The number of benzene rings is 2. The highest BCUT2D eigenvalue weighted by atomic mass is 19.1. The molecule has 0 amide bonds. The molecule has 0 saturated heterocycles. The number of halogens is 2. The predicted molar refractivity (Wildman–Crippen MR) is 61.7 cm³/mol. The molecule has 0 radical (unpaired) electrons. The third-order valence-corrected chi connectivity index (χ3v) is 2.19. The minimum Gasteiger partial charge on any atom is -0.507 e. The van der Waals surface area contributed by atoms with Gasteiger partial charge in [0.25, 0.3) is 0 Å². The number of hydrogen-bond acceptors (Lipinski definition) is 2. The molecule has 0 aromatic heterocycles. The Balaban J connectivity index is 2.29. The summed E-state index contributed by atoms with van der Waals surface area (Å²) in [5.41, 5.74) is 0.492. The van der Waals surface area contributed by atoms with E-state index in [1.165, 1.54) is 18.3 Å². The number of nitrogens with zero attached hydrogens (tertiary/aromatic N) is 1. The number of aliphatic imine (C=N–C) groups is 1. The first kappa shape index (κ1) is 11.3. The molecule has 0 aliphatic rings. The van der Waals surface area contributed by atoms with Gasteiger partial charge in [-0.05, 0) is 24.3 Å². The highest BCUT2D eigenvalue weighted by Crippen LogP contribution is 2.19. The molecule has 2 rings (SSSR count). The predicted octanol–water partition coefficient (Wildman–Crippen LogP) is 3.42. The lowest BCUT2D eigenvalue weighted by molar-refractivity contribution is 0.474. The lowest BCUT2D eigenvalue weighted by Gasteiger charge is -1.98. The SMILES string of the molecule is Oc1ccccc1C=Nc1ccc(F)cc1F. The fourth-order valence-electron chi connectivity index (χ4n) is 1.32. The monoisotopic (exact) mass is 233 g/mol. The summed E-state index contributed by atoms with van der Waals surface area (Å²) in [6.45, 7) is 0. The van der Waals surface area contributed by atoms with Crippen molar-refractivity contribution in [1.29, 1.82) is 0 Å². The van der Waals surface area contributed by atoms with Crippen LogP contribution in [0.2, 0.25) is 0 Å². The topological polar surface area (TPSA) is 32.6 Å². The van der Waals surface area contributed by atoms with E-state index in [9.17, 15) is 13.9 Å². The van der Waals surface area contributed by atoms with Crippen LogP contribution in [0.25, 0.3) is 0 Å². The molecule has 0 saturated carbocycles. The van der Waals surface area contributed by atoms with Crippen molar-refractivity contribution in [3.8, 4) is 5.75 Å². The fourth-order valence-corrected chi connectivity index (χ4v) is 1.32. The van der Waals surface area contributed by atoms with Crippen molar-refractivity contribution in [2.45, 2.75) is 0 Å². The summed E-state index contributed by atoms with van der Waals surface area (Å²) in [6.07, 6.45) is 1.33. The van der Waals surface area contributed by atoms with Gasteiger partial charge in [0.05, 0.1) is 5.69 Å². The van der Waals surface area contributed by atoms with Crippen LogP contribution in [-0.2, 0) is 0 Å². The molecule has 0 fully saturated rings. The minimum absolute atomic E-state index is 0.0228. The number of aromatic hydroxyl groups is 1. The van der Waals surface area contributed by atoms with Crippen molar-refractivity contribution >= 4 is 11.9 Å². The van der Waals surface area contributed by atoms with E-state index in [0.717, 1.165) is 12.1 Å². The Morgan fingerprint density at radius 2 is 1.82 bits per heavy atom. The van der Waals surface area contributed by atoms with E-state index in [2.05, 4.69) is 4.99 Å². The largest absolute Gasteiger partial charge is 0.507 e. The summed E-state index contributed by atoms with van der Waals surface area (Å²) < 4.78 is 25.9. The van der Waals surface area contributed by atoms with Crippen molar-refractivity contribution in [3.63, 3.8) is 0 Å². The molecule has 0 heterocycles. The fraction of sp³-hybridized carbons (Fsp3) is 0. The van der Waals surface area contributed by atoms with Gasteiger partial charge in [0.2, 0.25) is 0 Å². The van der Waals surface area contributed by atoms with E-state index < -0.39 is 11.6 Å². The van der Waals surface area contributed by atoms with Gasteiger partial charge in [0.1, 0.15) is 11.6 Å². The van der Waals surface area contributed by atoms with Gasteiger partial charge in [-0.15, -0.1) is 0 Å². The first-order valence-corrected chi connectivity index (χ1v) is 4.94. The summed E-state index contributed by atoms with van der Waals surface area (Å²) >= 11 is 0. The average Bonchev–Trinajstić information content (AvgIpc) is 2.30. The molecule has 0 spiro atoms. The second-order valence-corrected chi connectivity index (χ2v) is 3.41. The first-order valence-electron chi connectivity index (χ1n) is 4.94. The molecule has 2 aromatic rings. The van der Waals surface area contributed by atoms with E-state index in [4.69, 9.17) is 0 Å². The zero-order valence-corrected chi connectivity index (χ0v) is 8.77. The van der Waals surface area contributed by atoms with Crippen molar-refractivity contribution in [3.05, 3.63) is 59.7 Å². The lowest BCUT2D eigenvalue weighted by Crippen LogP contribution is -1.83. The van der Waals surface area contributed by atoms with E-state index in [1.54, 1.807) is 18.2 Å². The van der Waals surface area contributed by atoms with Gasteiger partial charge >= 0.3 is 0 Å². The minimum atomic E-state index is -0.739. The van der Waals surface area contributed by atoms with Crippen LogP contribution < -0.4 is 0 Å². The zero-order valence-electron chi connectivity index (χ0n) is 8.77. The van der Waals surface area contributed by atoms with Crippen LogP contribution in [0.15, 0.2) is 47.5 Å². The molecule has 0 aliphatic heterocycles. The van der Waals surface area contributed by atoms with Gasteiger partial charge in [0.15, 0.2) is 5.82 Å². The van der Waals surface area contributed by atoms with Crippen molar-refractivity contribution in [2.75, 3.05) is 0 Å². The first-order chi connectivity index (χ1) is 8.16. The Hall–Kier alpha value is -2.23. The van der Waals surface area contributed by atoms with Crippen molar-refractivity contribution in [1.82, 2.24) is 0 Å². The third-order valence-electron chi connectivity index (χ3n) is 2.19. The van der Waals surface area contributed by atoms with Crippen molar-refractivity contribution < 1.29 is 13.9 Å². The molecular weight excluding hydrogens is 224 g/mol. The van der Waals surface area contributed by atoms with Crippen LogP contribution in [-0.4, -0.2) is 11.3 Å². The Labute approximate surface area is 96.9 Å². The Kier molecular flexibility index (Phi) is 3.14. The van der Waals surface area contributed by atoms with Gasteiger partial charge in [-0.3, -0.25) is 4.99 Å². The molecule has 17 heavy (non-hydrogen) atoms. The average molecular weight is 233 g/mol. The van der Waals surface area contributed by atoms with Gasteiger partial charge in [-0.2, -0.15) is 0 Å². The molecule has 1 N–H and O–H groups in total.